The van der Waals surface area contributed by atoms with Crippen molar-refractivity contribution >= 4 is 28.4 Å². The molecule has 3 aromatic rings. The molecule has 8 nitrogen and oxygen atoms in total. The lowest BCUT2D eigenvalue weighted by Gasteiger charge is -2.18. The highest BCUT2D eigenvalue weighted by molar-refractivity contribution is 6.04. The van der Waals surface area contributed by atoms with Crippen molar-refractivity contribution in [3.05, 3.63) is 59.0 Å². The highest BCUT2D eigenvalue weighted by atomic mass is 16.5. The van der Waals surface area contributed by atoms with Crippen molar-refractivity contribution in [1.29, 1.82) is 0 Å². The van der Waals surface area contributed by atoms with Crippen molar-refractivity contribution in [3.8, 4) is 5.75 Å². The van der Waals surface area contributed by atoms with Crippen LogP contribution in [0.25, 0.3) is 10.9 Å². The Labute approximate surface area is 167 Å². The average molecular weight is 394 g/mol. The number of methoxy groups -OCH3 is 1. The van der Waals surface area contributed by atoms with E-state index in [1.165, 1.54) is 4.57 Å². The topological polar surface area (TPSA) is 94.5 Å². The molecule has 4 rings (SSSR count). The van der Waals surface area contributed by atoms with Gasteiger partial charge in [-0.15, -0.1) is 0 Å². The zero-order valence-corrected chi connectivity index (χ0v) is 16.1. The molecular formula is C21H22N4O4. The fourth-order valence-corrected chi connectivity index (χ4v) is 3.44. The van der Waals surface area contributed by atoms with Crippen LogP contribution in [-0.4, -0.2) is 35.4 Å². The zero-order chi connectivity index (χ0) is 20.2. The quantitative estimate of drug-likeness (QED) is 0.693. The number of anilines is 2. The number of hydrogen-bond donors (Lipinski definition) is 2. The maximum Gasteiger partial charge on any atom is 0.349 e. The van der Waals surface area contributed by atoms with Crippen LogP contribution in [-0.2, 0) is 11.3 Å². The van der Waals surface area contributed by atoms with E-state index in [4.69, 9.17) is 9.47 Å². The highest BCUT2D eigenvalue weighted by Crippen LogP contribution is 2.23. The van der Waals surface area contributed by atoms with Crippen molar-refractivity contribution in [2.45, 2.75) is 25.5 Å². The molecule has 8 heteroatoms. The Kier molecular flexibility index (Phi) is 5.44. The summed E-state index contributed by atoms with van der Waals surface area (Å²) in [5, 5.41) is 6.29. The first-order valence-electron chi connectivity index (χ1n) is 9.47. The van der Waals surface area contributed by atoms with Crippen LogP contribution >= 0.6 is 0 Å². The van der Waals surface area contributed by atoms with Gasteiger partial charge in [-0.3, -0.25) is 9.88 Å². The maximum absolute atomic E-state index is 12.7. The first kappa shape index (κ1) is 18.9. The highest BCUT2D eigenvalue weighted by Gasteiger charge is 2.21. The van der Waals surface area contributed by atoms with Crippen molar-refractivity contribution in [1.82, 2.24) is 9.55 Å². The number of carbonyl (C=O) groups is 1. The summed E-state index contributed by atoms with van der Waals surface area (Å²) >= 11 is 0. The number of carbonyl (C=O) groups excluding carboxylic acids is 1. The molecule has 1 saturated heterocycles. The number of hydrogen-bond acceptors (Lipinski definition) is 5. The molecule has 0 unspecified atom stereocenters. The number of nitrogens with one attached hydrogen (secondary N) is 2. The van der Waals surface area contributed by atoms with E-state index in [1.807, 2.05) is 12.1 Å². The van der Waals surface area contributed by atoms with Crippen LogP contribution in [0.5, 0.6) is 5.75 Å². The van der Waals surface area contributed by atoms with Crippen LogP contribution in [0.3, 0.4) is 0 Å². The predicted molar refractivity (Wildman–Crippen MR) is 111 cm³/mol. The molecule has 2 heterocycles. The summed E-state index contributed by atoms with van der Waals surface area (Å²) in [6.07, 6.45) is 1.76. The van der Waals surface area contributed by atoms with E-state index in [-0.39, 0.29) is 6.10 Å². The smallest absolute Gasteiger partial charge is 0.349 e. The van der Waals surface area contributed by atoms with Crippen LogP contribution < -0.4 is 21.1 Å². The van der Waals surface area contributed by atoms with E-state index < -0.39 is 11.7 Å². The number of urea groups is 1. The van der Waals surface area contributed by atoms with Crippen LogP contribution in [0.4, 0.5) is 16.3 Å². The van der Waals surface area contributed by atoms with Gasteiger partial charge in [-0.25, -0.2) is 9.59 Å². The Morgan fingerprint density at radius 2 is 2.10 bits per heavy atom. The van der Waals surface area contributed by atoms with Gasteiger partial charge in [0.1, 0.15) is 11.6 Å². The zero-order valence-electron chi connectivity index (χ0n) is 16.1. The molecule has 2 N–H and O–H groups in total. The summed E-state index contributed by atoms with van der Waals surface area (Å²) in [7, 11) is 1.56. The second-order valence-corrected chi connectivity index (χ2v) is 6.82. The molecular weight excluding hydrogens is 372 g/mol. The lowest BCUT2D eigenvalue weighted by Crippen LogP contribution is -2.33. The SMILES string of the molecule is COc1cccc(NC(=O)Nc2c3ccccc3nc(=O)n2C[C@@H]2CCCO2)c1. The summed E-state index contributed by atoms with van der Waals surface area (Å²) < 4.78 is 12.3. The van der Waals surface area contributed by atoms with Gasteiger partial charge in [-0.1, -0.05) is 18.2 Å². The minimum absolute atomic E-state index is 0.0716. The summed E-state index contributed by atoms with van der Waals surface area (Å²) in [4.78, 5) is 29.5. The maximum atomic E-state index is 12.7. The van der Waals surface area contributed by atoms with Crippen LogP contribution in [0.1, 0.15) is 12.8 Å². The summed E-state index contributed by atoms with van der Waals surface area (Å²) in [6, 6.07) is 13.8. The molecule has 0 bridgehead atoms. The molecule has 2 aromatic carbocycles. The Hall–Kier alpha value is -3.39. The van der Waals surface area contributed by atoms with Crippen molar-refractivity contribution < 1.29 is 14.3 Å². The first-order chi connectivity index (χ1) is 14.1. The normalized spacial score (nSPS) is 16.0. The molecule has 150 valence electrons. The fourth-order valence-electron chi connectivity index (χ4n) is 3.44. The third-order valence-corrected chi connectivity index (χ3v) is 4.85. The third-order valence-electron chi connectivity index (χ3n) is 4.85. The number of para-hydroxylation sites is 1. The summed E-state index contributed by atoms with van der Waals surface area (Å²) in [5.74, 6) is 1.03. The van der Waals surface area contributed by atoms with E-state index >= 15 is 0 Å². The first-order valence-corrected chi connectivity index (χ1v) is 9.47. The number of amides is 2. The lowest BCUT2D eigenvalue weighted by atomic mass is 10.2. The lowest BCUT2D eigenvalue weighted by molar-refractivity contribution is 0.0964. The second kappa shape index (κ2) is 8.32. The average Bonchev–Trinajstić information content (AvgIpc) is 3.24. The van der Waals surface area contributed by atoms with E-state index in [0.29, 0.717) is 41.3 Å². The number of rotatable bonds is 5. The van der Waals surface area contributed by atoms with E-state index in [1.54, 1.807) is 43.5 Å². The summed E-state index contributed by atoms with van der Waals surface area (Å²) in [6.45, 7) is 1.02. The molecule has 29 heavy (non-hydrogen) atoms. The van der Waals surface area contributed by atoms with Gasteiger partial charge in [0.05, 0.1) is 25.3 Å². The van der Waals surface area contributed by atoms with Crippen LogP contribution in [0.15, 0.2) is 53.3 Å². The number of aromatic nitrogens is 2. The standard InChI is InChI=1S/C21H22N4O4/c1-28-15-7-4-6-14(12-15)22-20(26)24-19-17-9-2-3-10-18(17)23-21(27)25(19)13-16-8-5-11-29-16/h2-4,6-7,9-10,12,16H,5,8,11,13H2,1H3,(H2,22,24,26)/t16-/m0/s1. The van der Waals surface area contributed by atoms with Crippen LogP contribution in [0.2, 0.25) is 0 Å². The molecule has 2 amide bonds. The van der Waals surface area contributed by atoms with E-state index in [9.17, 15) is 9.59 Å². The van der Waals surface area contributed by atoms with E-state index in [2.05, 4.69) is 15.6 Å². The molecule has 1 atom stereocenters. The van der Waals surface area contributed by atoms with Gasteiger partial charge >= 0.3 is 11.7 Å². The Morgan fingerprint density at radius 1 is 1.24 bits per heavy atom. The number of nitrogens with zero attached hydrogens (tertiary/aromatic N) is 2. The van der Waals surface area contributed by atoms with Crippen molar-refractivity contribution in [2.24, 2.45) is 0 Å². The number of fused-ring (bicyclic) bond motifs is 1. The molecule has 0 spiro atoms. The molecule has 1 aliphatic rings. The number of ether oxygens (including phenoxy) is 2. The third kappa shape index (κ3) is 4.22. The minimum atomic E-state index is -0.463. The molecule has 1 aromatic heterocycles. The Bertz CT molecular complexity index is 1090. The molecule has 0 radical (unpaired) electrons. The van der Waals surface area contributed by atoms with Gasteiger partial charge in [0.2, 0.25) is 0 Å². The van der Waals surface area contributed by atoms with Gasteiger partial charge < -0.3 is 14.8 Å². The molecule has 1 aliphatic heterocycles. The Morgan fingerprint density at radius 3 is 2.90 bits per heavy atom. The number of benzene rings is 2. The molecule has 0 saturated carbocycles. The molecule has 1 fully saturated rings. The van der Waals surface area contributed by atoms with Crippen LogP contribution in [0, 0.1) is 0 Å². The van der Waals surface area contributed by atoms with Gasteiger partial charge in [0.25, 0.3) is 0 Å². The predicted octanol–water partition coefficient (Wildman–Crippen LogP) is 3.23. The van der Waals surface area contributed by atoms with Gasteiger partial charge in [0.15, 0.2) is 0 Å². The summed E-state index contributed by atoms with van der Waals surface area (Å²) in [5.41, 5.74) is 0.682. The monoisotopic (exact) mass is 394 g/mol. The second-order valence-electron chi connectivity index (χ2n) is 6.82. The van der Waals surface area contributed by atoms with E-state index in [0.717, 1.165) is 12.8 Å². The largest absolute Gasteiger partial charge is 0.497 e. The Balaban J connectivity index is 1.66. The fraction of sp³-hybridized carbons (Fsp3) is 0.286. The minimum Gasteiger partial charge on any atom is -0.497 e. The van der Waals surface area contributed by atoms with Gasteiger partial charge in [-0.05, 0) is 37.1 Å². The van der Waals surface area contributed by atoms with Crippen molar-refractivity contribution in [3.63, 3.8) is 0 Å². The van der Waals surface area contributed by atoms with Gasteiger partial charge in [0, 0.05) is 23.7 Å². The molecule has 0 aliphatic carbocycles. The van der Waals surface area contributed by atoms with Crippen molar-refractivity contribution in [2.75, 3.05) is 24.4 Å². The van der Waals surface area contributed by atoms with Gasteiger partial charge in [-0.2, -0.15) is 4.98 Å².